The molecule has 0 unspecified atom stereocenters. The Bertz CT molecular complexity index is 1790. The van der Waals surface area contributed by atoms with Gasteiger partial charge >= 0.3 is 0 Å². The van der Waals surface area contributed by atoms with E-state index in [2.05, 4.69) is 17.3 Å². The van der Waals surface area contributed by atoms with Crippen molar-refractivity contribution in [1.29, 1.82) is 0 Å². The first-order chi connectivity index (χ1) is 19.7. The number of allylic oxidation sites excluding steroid dienone is 4. The predicted octanol–water partition coefficient (Wildman–Crippen LogP) is 7.83. The maximum absolute atomic E-state index is 13.2. The Balaban J connectivity index is 1.39. The zero-order valence-corrected chi connectivity index (χ0v) is 24.2. The number of nitrogens with zero attached hydrogens (tertiary/aromatic N) is 2. The van der Waals surface area contributed by atoms with Crippen molar-refractivity contribution in [3.63, 3.8) is 0 Å². The van der Waals surface area contributed by atoms with Crippen LogP contribution in [0.4, 0.5) is 0 Å². The summed E-state index contributed by atoms with van der Waals surface area (Å²) < 4.78 is 32.0. The van der Waals surface area contributed by atoms with E-state index >= 15 is 0 Å². The lowest BCUT2D eigenvalue weighted by atomic mass is 10.1. The molecule has 0 atom stereocenters. The zero-order valence-electron chi connectivity index (χ0n) is 23.4. The molecule has 4 rings (SSSR count). The topological polar surface area (TPSA) is 69.2 Å². The van der Waals surface area contributed by atoms with E-state index in [4.69, 9.17) is 9.72 Å². The highest BCUT2D eigenvalue weighted by Gasteiger charge is 2.18. The number of ether oxygens (including phenoxy) is 1. The molecule has 0 saturated heterocycles. The van der Waals surface area contributed by atoms with Gasteiger partial charge in [0.2, 0.25) is 9.84 Å². The average Bonchev–Trinajstić information content (AvgIpc) is 2.93. The van der Waals surface area contributed by atoms with Crippen molar-refractivity contribution in [3.05, 3.63) is 161 Å². The first kappa shape index (κ1) is 29.2. The van der Waals surface area contributed by atoms with Crippen LogP contribution >= 0.6 is 0 Å². The summed E-state index contributed by atoms with van der Waals surface area (Å²) in [4.78, 5) is 9.68. The number of pyridine rings is 2. The average molecular weight is 561 g/mol. The predicted molar refractivity (Wildman–Crippen MR) is 165 cm³/mol. The van der Waals surface area contributed by atoms with E-state index in [0.29, 0.717) is 22.8 Å². The lowest BCUT2D eigenvalue weighted by Gasteiger charge is -2.08. The summed E-state index contributed by atoms with van der Waals surface area (Å²) >= 11 is 0. The molecular formula is C35H32N2O3S. The molecule has 206 valence electrons. The van der Waals surface area contributed by atoms with E-state index in [-0.39, 0.29) is 4.90 Å². The lowest BCUT2D eigenvalue weighted by Crippen LogP contribution is -2.03. The third-order valence-electron chi connectivity index (χ3n) is 6.00. The minimum atomic E-state index is -3.60. The molecule has 0 fully saturated rings. The Labute approximate surface area is 242 Å². The van der Waals surface area contributed by atoms with Gasteiger partial charge in [0, 0.05) is 30.0 Å². The number of benzene rings is 2. The van der Waals surface area contributed by atoms with E-state index in [1.165, 1.54) is 0 Å². The SMILES string of the molecule is C=C(C=C=Cc1cccc(C)n1)OC(C)=CC=Cc1cccc(Cc2cccc(S(=O)(=O)c3cccc(C)c3)c2)n1. The fourth-order valence-electron chi connectivity index (χ4n) is 4.06. The molecule has 2 aromatic heterocycles. The molecule has 0 N–H and O–H groups in total. The van der Waals surface area contributed by atoms with E-state index in [1.807, 2.05) is 87.5 Å². The van der Waals surface area contributed by atoms with Gasteiger partial charge in [-0.1, -0.05) is 49.1 Å². The van der Waals surface area contributed by atoms with Gasteiger partial charge in [0.25, 0.3) is 0 Å². The van der Waals surface area contributed by atoms with Crippen LogP contribution in [0.5, 0.6) is 0 Å². The molecule has 0 saturated carbocycles. The molecule has 0 amide bonds. The smallest absolute Gasteiger partial charge is 0.206 e. The number of rotatable bonds is 10. The van der Waals surface area contributed by atoms with Gasteiger partial charge in [-0.25, -0.2) is 8.42 Å². The molecule has 0 radical (unpaired) electrons. The van der Waals surface area contributed by atoms with Gasteiger partial charge in [0.15, 0.2) is 0 Å². The van der Waals surface area contributed by atoms with Crippen LogP contribution in [0.2, 0.25) is 0 Å². The third kappa shape index (κ3) is 8.61. The fourth-order valence-corrected chi connectivity index (χ4v) is 5.49. The van der Waals surface area contributed by atoms with Crippen LogP contribution in [-0.2, 0) is 21.0 Å². The second kappa shape index (κ2) is 13.5. The Hall–Kier alpha value is -4.77. The normalized spacial score (nSPS) is 11.6. The maximum Gasteiger partial charge on any atom is 0.206 e. The molecule has 6 heteroatoms. The van der Waals surface area contributed by atoms with Gasteiger partial charge in [0.1, 0.15) is 11.5 Å². The Kier molecular flexibility index (Phi) is 9.64. The summed E-state index contributed by atoms with van der Waals surface area (Å²) in [6.07, 6.45) is 9.53. The van der Waals surface area contributed by atoms with Crippen molar-refractivity contribution in [2.45, 2.75) is 37.0 Å². The molecule has 0 aliphatic carbocycles. The van der Waals surface area contributed by atoms with Gasteiger partial charge < -0.3 is 4.74 Å². The summed E-state index contributed by atoms with van der Waals surface area (Å²) in [5.41, 5.74) is 8.19. The molecule has 2 heterocycles. The Morgan fingerprint density at radius 1 is 0.902 bits per heavy atom. The van der Waals surface area contributed by atoms with Crippen molar-refractivity contribution < 1.29 is 13.2 Å². The molecule has 0 aliphatic heterocycles. The van der Waals surface area contributed by atoms with Gasteiger partial charge in [0.05, 0.1) is 21.2 Å². The molecule has 0 bridgehead atoms. The highest BCUT2D eigenvalue weighted by Crippen LogP contribution is 2.23. The Morgan fingerprint density at radius 2 is 1.61 bits per heavy atom. The molecule has 2 aromatic carbocycles. The highest BCUT2D eigenvalue weighted by atomic mass is 32.2. The molecular weight excluding hydrogens is 528 g/mol. The van der Waals surface area contributed by atoms with Crippen LogP contribution in [0.25, 0.3) is 12.2 Å². The fraction of sp³-hybridized carbons (Fsp3) is 0.114. The summed E-state index contributed by atoms with van der Waals surface area (Å²) in [5.74, 6) is 1.13. The van der Waals surface area contributed by atoms with Crippen LogP contribution < -0.4 is 0 Å². The van der Waals surface area contributed by atoms with Gasteiger partial charge in [-0.2, -0.15) is 0 Å². The number of sulfone groups is 1. The molecule has 0 aliphatic rings. The summed E-state index contributed by atoms with van der Waals surface area (Å²) in [5, 5.41) is 0. The molecule has 4 aromatic rings. The Morgan fingerprint density at radius 3 is 2.39 bits per heavy atom. The second-order valence-electron chi connectivity index (χ2n) is 9.56. The second-order valence-corrected chi connectivity index (χ2v) is 11.5. The van der Waals surface area contributed by atoms with Crippen molar-refractivity contribution >= 4 is 22.0 Å². The maximum atomic E-state index is 13.2. The number of hydrogen-bond donors (Lipinski definition) is 0. The minimum absolute atomic E-state index is 0.274. The lowest BCUT2D eigenvalue weighted by molar-refractivity contribution is 0.324. The first-order valence-corrected chi connectivity index (χ1v) is 14.6. The van der Waals surface area contributed by atoms with Crippen molar-refractivity contribution in [2.24, 2.45) is 0 Å². The summed E-state index contributed by atoms with van der Waals surface area (Å²) in [7, 11) is -3.60. The van der Waals surface area contributed by atoms with Gasteiger partial charge in [-0.3, -0.25) is 9.97 Å². The zero-order chi connectivity index (χ0) is 29.2. The standard InChI is InChI=1S/C35H32N2O3S/c1-26-11-5-21-34(23-26)41(38,39)35-22-9-15-30(25-35)24-33-20-10-19-32(37-33)18-8-14-29(4)40-28(3)13-7-17-31-16-6-12-27(2)36-31/h5-6,8-23,25H,3,24H2,1-2,4H3. The van der Waals surface area contributed by atoms with Crippen LogP contribution in [-0.4, -0.2) is 18.4 Å². The van der Waals surface area contributed by atoms with Gasteiger partial charge in [-0.15, -0.1) is 5.73 Å². The van der Waals surface area contributed by atoms with Crippen LogP contribution in [0.15, 0.2) is 137 Å². The number of aromatic nitrogens is 2. The summed E-state index contributed by atoms with van der Waals surface area (Å²) in [6, 6.07) is 25.6. The molecule has 41 heavy (non-hydrogen) atoms. The van der Waals surface area contributed by atoms with Crippen LogP contribution in [0.3, 0.4) is 0 Å². The highest BCUT2D eigenvalue weighted by molar-refractivity contribution is 7.91. The third-order valence-corrected chi connectivity index (χ3v) is 7.75. The van der Waals surface area contributed by atoms with E-state index < -0.39 is 9.84 Å². The number of hydrogen-bond acceptors (Lipinski definition) is 5. The molecule has 5 nitrogen and oxygen atoms in total. The molecule has 0 spiro atoms. The quantitative estimate of drug-likeness (QED) is 0.112. The van der Waals surface area contributed by atoms with Crippen LogP contribution in [0, 0.1) is 13.8 Å². The number of aryl methyl sites for hydroxylation is 2. The van der Waals surface area contributed by atoms with E-state index in [1.54, 1.807) is 48.6 Å². The van der Waals surface area contributed by atoms with Gasteiger partial charge in [-0.05, 0) is 92.6 Å². The van der Waals surface area contributed by atoms with Crippen molar-refractivity contribution in [1.82, 2.24) is 9.97 Å². The van der Waals surface area contributed by atoms with E-state index in [9.17, 15) is 8.42 Å². The first-order valence-electron chi connectivity index (χ1n) is 13.1. The van der Waals surface area contributed by atoms with Crippen molar-refractivity contribution in [2.75, 3.05) is 0 Å². The van der Waals surface area contributed by atoms with Crippen LogP contribution in [0.1, 0.15) is 40.8 Å². The summed E-state index contributed by atoms with van der Waals surface area (Å²) in [6.45, 7) is 9.57. The monoisotopic (exact) mass is 560 g/mol. The van der Waals surface area contributed by atoms with Crippen molar-refractivity contribution in [3.8, 4) is 0 Å². The minimum Gasteiger partial charge on any atom is -0.462 e. The largest absolute Gasteiger partial charge is 0.462 e. The van der Waals surface area contributed by atoms with E-state index in [0.717, 1.165) is 33.9 Å².